The van der Waals surface area contributed by atoms with Crippen LogP contribution in [0, 0.1) is 5.82 Å². The molecule has 2 heterocycles. The Hall–Kier alpha value is -2.95. The normalized spacial score (nSPS) is 16.1. The van der Waals surface area contributed by atoms with E-state index in [1.165, 1.54) is 22.7 Å². The highest BCUT2D eigenvalue weighted by atomic mass is 32.2. The van der Waals surface area contributed by atoms with Crippen molar-refractivity contribution in [1.82, 2.24) is 5.48 Å². The van der Waals surface area contributed by atoms with Crippen molar-refractivity contribution in [3.8, 4) is 11.3 Å². The van der Waals surface area contributed by atoms with Crippen LogP contribution >= 0.6 is 0 Å². The summed E-state index contributed by atoms with van der Waals surface area (Å²) in [6.45, 7) is 1.34. The van der Waals surface area contributed by atoms with E-state index in [0.29, 0.717) is 66.5 Å². The molecule has 1 aromatic heterocycles. The first-order chi connectivity index (χ1) is 17.4. The molecular weight excluding hydrogens is 485 g/mol. The molecule has 3 aromatic rings. The molecule has 0 unspecified atom stereocenters. The number of nitrogens with one attached hydrogen (secondary N) is 1. The zero-order valence-electron chi connectivity index (χ0n) is 20.2. The van der Waals surface area contributed by atoms with Gasteiger partial charge in [0.2, 0.25) is 10.0 Å². The summed E-state index contributed by atoms with van der Waals surface area (Å²) in [4.78, 5) is 10.0. The number of hydroxylamine groups is 1. The fourth-order valence-electron chi connectivity index (χ4n) is 4.62. The molecule has 192 valence electrons. The van der Waals surface area contributed by atoms with Gasteiger partial charge < -0.3 is 9.52 Å². The van der Waals surface area contributed by atoms with Crippen LogP contribution in [-0.2, 0) is 14.9 Å². The fraction of sp³-hybridized carbons (Fsp3) is 0.423. The van der Waals surface area contributed by atoms with Gasteiger partial charge in [-0.2, -0.15) is 0 Å². The average molecular weight is 516 g/mol. The minimum atomic E-state index is -3.55. The molecule has 2 aliphatic rings. The number of halogens is 1. The van der Waals surface area contributed by atoms with E-state index in [-0.39, 0.29) is 18.3 Å². The van der Waals surface area contributed by atoms with Gasteiger partial charge in [-0.3, -0.25) is 14.1 Å². The largest absolute Gasteiger partial charge is 0.455 e. The summed E-state index contributed by atoms with van der Waals surface area (Å²) >= 11 is 0. The quantitative estimate of drug-likeness (QED) is 0.390. The lowest BCUT2D eigenvalue weighted by Crippen LogP contribution is -2.32. The summed E-state index contributed by atoms with van der Waals surface area (Å²) in [7, 11) is -3.55. The number of sulfonamides is 1. The number of anilines is 1. The third kappa shape index (κ3) is 5.11. The van der Waals surface area contributed by atoms with E-state index in [2.05, 4.69) is 10.5 Å². The van der Waals surface area contributed by atoms with Gasteiger partial charge in [-0.1, -0.05) is 0 Å². The summed E-state index contributed by atoms with van der Waals surface area (Å²) in [6.07, 6.45) is 5.19. The van der Waals surface area contributed by atoms with Gasteiger partial charge in [0.1, 0.15) is 17.2 Å². The van der Waals surface area contributed by atoms with Crippen LogP contribution in [0.1, 0.15) is 49.1 Å². The monoisotopic (exact) mass is 515 g/mol. The van der Waals surface area contributed by atoms with Crippen molar-refractivity contribution in [3.63, 3.8) is 0 Å². The number of aliphatic hydroxyl groups is 1. The minimum absolute atomic E-state index is 0.0845. The zero-order valence-corrected chi connectivity index (χ0v) is 21.0. The number of rotatable bonds is 10. The van der Waals surface area contributed by atoms with E-state index in [9.17, 15) is 12.8 Å². The van der Waals surface area contributed by atoms with Gasteiger partial charge in [0.25, 0.3) is 0 Å². The highest BCUT2D eigenvalue weighted by molar-refractivity contribution is 7.92. The van der Waals surface area contributed by atoms with Crippen LogP contribution in [0.15, 0.2) is 45.8 Å². The summed E-state index contributed by atoms with van der Waals surface area (Å²) in [6, 6.07) is 9.85. The Bertz CT molecular complexity index is 1380. The van der Waals surface area contributed by atoms with Crippen molar-refractivity contribution in [3.05, 3.63) is 53.3 Å². The topological polar surface area (TPSA) is 104 Å². The lowest BCUT2D eigenvalue weighted by atomic mass is 10.00. The molecule has 0 radical (unpaired) electrons. The maximum absolute atomic E-state index is 13.7. The standard InChI is InChI=1S/C26H30FN3O5S/c1-36(32,33)30(12-3-2-4-13-31)22-16-23-21(15-20(22)17-5-6-17)24(26-28-11-14-34-29-26)25(35-23)18-7-9-19(27)10-8-18/h7-10,15-17,31H,2-6,11-14H2,1H3,(H,28,29). The number of furan rings is 1. The maximum Gasteiger partial charge on any atom is 0.232 e. The summed E-state index contributed by atoms with van der Waals surface area (Å²) < 4.78 is 47.2. The van der Waals surface area contributed by atoms with Crippen LogP contribution in [0.2, 0.25) is 0 Å². The van der Waals surface area contributed by atoms with Gasteiger partial charge >= 0.3 is 0 Å². The molecule has 0 amide bonds. The van der Waals surface area contributed by atoms with E-state index in [4.69, 9.17) is 14.4 Å². The number of fused-ring (bicyclic) bond motifs is 1. The lowest BCUT2D eigenvalue weighted by Gasteiger charge is -2.25. The molecule has 0 saturated heterocycles. The third-order valence-electron chi connectivity index (χ3n) is 6.52. The second-order valence-corrected chi connectivity index (χ2v) is 11.2. The maximum atomic E-state index is 13.7. The predicted octanol–water partition coefficient (Wildman–Crippen LogP) is 4.33. The summed E-state index contributed by atoms with van der Waals surface area (Å²) in [5.74, 6) is 0.948. The second kappa shape index (κ2) is 10.2. The summed E-state index contributed by atoms with van der Waals surface area (Å²) in [5, 5.41) is 9.90. The van der Waals surface area contributed by atoms with Crippen LogP contribution in [0.25, 0.3) is 22.3 Å². The number of nitrogens with zero attached hydrogens (tertiary/aromatic N) is 2. The number of unbranched alkanes of at least 4 members (excludes halogenated alkanes) is 2. The Morgan fingerprint density at radius 2 is 1.94 bits per heavy atom. The van der Waals surface area contributed by atoms with Gasteiger partial charge in [0, 0.05) is 30.2 Å². The van der Waals surface area contributed by atoms with Crippen LogP contribution < -0.4 is 9.79 Å². The minimum Gasteiger partial charge on any atom is -0.455 e. The predicted molar refractivity (Wildman–Crippen MR) is 137 cm³/mol. The van der Waals surface area contributed by atoms with Crippen molar-refractivity contribution in [1.29, 1.82) is 0 Å². The number of aliphatic hydroxyl groups excluding tert-OH is 1. The lowest BCUT2D eigenvalue weighted by molar-refractivity contribution is 0.0827. The molecule has 2 N–H and O–H groups in total. The fourth-order valence-corrected chi connectivity index (χ4v) is 5.60. The Labute approximate surface area is 209 Å². The van der Waals surface area contributed by atoms with Gasteiger partial charge in [-0.25, -0.2) is 18.3 Å². The number of amidine groups is 1. The molecule has 5 rings (SSSR count). The molecule has 1 aliphatic heterocycles. The average Bonchev–Trinajstić information content (AvgIpc) is 3.64. The van der Waals surface area contributed by atoms with Gasteiger partial charge in [0.05, 0.1) is 30.7 Å². The van der Waals surface area contributed by atoms with E-state index >= 15 is 0 Å². The first-order valence-corrected chi connectivity index (χ1v) is 14.1. The van der Waals surface area contributed by atoms with E-state index < -0.39 is 10.0 Å². The molecule has 0 spiro atoms. The Kier molecular flexibility index (Phi) is 7.00. The number of hydrogen-bond donors (Lipinski definition) is 2. The third-order valence-corrected chi connectivity index (χ3v) is 7.70. The highest BCUT2D eigenvalue weighted by Crippen LogP contribution is 2.48. The highest BCUT2D eigenvalue weighted by Gasteiger charge is 2.33. The molecule has 2 aromatic carbocycles. The molecule has 0 atom stereocenters. The number of hydrogen-bond acceptors (Lipinski definition) is 7. The van der Waals surface area contributed by atoms with Crippen molar-refractivity contribution >= 4 is 32.5 Å². The summed E-state index contributed by atoms with van der Waals surface area (Å²) in [5.41, 5.74) is 6.37. The molecule has 36 heavy (non-hydrogen) atoms. The van der Waals surface area contributed by atoms with Crippen LogP contribution in [-0.4, -0.2) is 51.9 Å². The molecule has 1 saturated carbocycles. The molecule has 0 bridgehead atoms. The Morgan fingerprint density at radius 1 is 1.17 bits per heavy atom. The van der Waals surface area contributed by atoms with E-state index in [1.54, 1.807) is 18.2 Å². The Morgan fingerprint density at radius 3 is 2.58 bits per heavy atom. The SMILES string of the molecule is CS(=O)(=O)N(CCCCCO)c1cc2oc(-c3ccc(F)cc3)c(C3=NCCON3)c2cc1C1CC1. The van der Waals surface area contributed by atoms with Crippen molar-refractivity contribution in [2.75, 3.05) is 36.9 Å². The Balaban J connectivity index is 1.68. The first kappa shape index (κ1) is 24.7. The molecular formula is C26H30FN3O5S. The molecule has 8 nitrogen and oxygen atoms in total. The van der Waals surface area contributed by atoms with Crippen molar-refractivity contribution in [2.24, 2.45) is 4.99 Å². The smallest absolute Gasteiger partial charge is 0.232 e. The molecule has 1 aliphatic carbocycles. The second-order valence-electron chi connectivity index (χ2n) is 9.29. The van der Waals surface area contributed by atoms with Crippen molar-refractivity contribution in [2.45, 2.75) is 38.0 Å². The van der Waals surface area contributed by atoms with Crippen molar-refractivity contribution < 1.29 is 27.2 Å². The van der Waals surface area contributed by atoms with Gasteiger partial charge in [0.15, 0.2) is 5.84 Å². The van der Waals surface area contributed by atoms with Gasteiger partial charge in [-0.15, -0.1) is 0 Å². The number of aliphatic imine (C=N–C) groups is 1. The van der Waals surface area contributed by atoms with Crippen LogP contribution in [0.5, 0.6) is 0 Å². The molecule has 1 fully saturated rings. The molecule has 10 heteroatoms. The van der Waals surface area contributed by atoms with E-state index in [0.717, 1.165) is 30.2 Å². The first-order valence-electron chi connectivity index (χ1n) is 12.2. The van der Waals surface area contributed by atoms with Crippen LogP contribution in [0.4, 0.5) is 10.1 Å². The van der Waals surface area contributed by atoms with Crippen LogP contribution in [0.3, 0.4) is 0 Å². The van der Waals surface area contributed by atoms with E-state index in [1.807, 2.05) is 6.07 Å². The zero-order chi connectivity index (χ0) is 25.3. The van der Waals surface area contributed by atoms with Gasteiger partial charge in [-0.05, 0) is 73.9 Å². The number of benzene rings is 2.